The smallest absolute Gasteiger partial charge is 0.321 e. The largest absolute Gasteiger partial charge is 0.489 e. The van der Waals surface area contributed by atoms with E-state index in [0.717, 1.165) is 17.0 Å². The van der Waals surface area contributed by atoms with Gasteiger partial charge in [0.05, 0.1) is 7.11 Å². The molecule has 1 aromatic carbocycles. The molecule has 1 aliphatic rings. The maximum Gasteiger partial charge on any atom is 0.321 e. The van der Waals surface area contributed by atoms with Crippen LogP contribution < -0.4 is 9.47 Å². The minimum absolute atomic E-state index is 0.144. The van der Waals surface area contributed by atoms with E-state index in [0.29, 0.717) is 25.4 Å². The van der Waals surface area contributed by atoms with Crippen molar-refractivity contribution in [2.75, 3.05) is 13.7 Å². The van der Waals surface area contributed by atoms with Gasteiger partial charge >= 0.3 is 5.97 Å². The van der Waals surface area contributed by atoms with Crippen LogP contribution in [0, 0.1) is 6.92 Å². The van der Waals surface area contributed by atoms with Gasteiger partial charge in [0, 0.05) is 31.3 Å². The number of methoxy groups -OCH3 is 1. The van der Waals surface area contributed by atoms with Gasteiger partial charge in [-0.25, -0.2) is 4.98 Å². The van der Waals surface area contributed by atoms with Gasteiger partial charge in [-0.3, -0.25) is 9.69 Å². The Morgan fingerprint density at radius 1 is 1.28 bits per heavy atom. The van der Waals surface area contributed by atoms with E-state index in [1.165, 1.54) is 0 Å². The Morgan fingerprint density at radius 2 is 2.04 bits per heavy atom. The van der Waals surface area contributed by atoms with E-state index in [2.05, 4.69) is 4.98 Å². The molecule has 0 bridgehead atoms. The first-order valence-electron chi connectivity index (χ1n) is 8.26. The molecule has 0 spiro atoms. The number of nitrogens with zero attached hydrogens (tertiary/aromatic N) is 2. The van der Waals surface area contributed by atoms with Gasteiger partial charge in [-0.2, -0.15) is 0 Å². The van der Waals surface area contributed by atoms with Gasteiger partial charge in [-0.15, -0.1) is 0 Å². The zero-order valence-corrected chi connectivity index (χ0v) is 14.4. The lowest BCUT2D eigenvalue weighted by Gasteiger charge is -2.21. The van der Waals surface area contributed by atoms with E-state index in [-0.39, 0.29) is 6.10 Å². The van der Waals surface area contributed by atoms with Gasteiger partial charge in [0.2, 0.25) is 5.88 Å². The molecule has 0 radical (unpaired) electrons. The second-order valence-corrected chi connectivity index (χ2v) is 6.17. The molecule has 3 rings (SSSR count). The van der Waals surface area contributed by atoms with Crippen LogP contribution in [0.4, 0.5) is 0 Å². The molecule has 1 N–H and O–H groups in total. The van der Waals surface area contributed by atoms with E-state index in [4.69, 9.17) is 9.47 Å². The van der Waals surface area contributed by atoms with Crippen LogP contribution in [-0.2, 0) is 11.3 Å². The third-order valence-corrected chi connectivity index (χ3v) is 4.45. The molecule has 2 heterocycles. The number of hydrogen-bond acceptors (Lipinski definition) is 5. The summed E-state index contributed by atoms with van der Waals surface area (Å²) in [5, 5.41) is 9.56. The van der Waals surface area contributed by atoms with Crippen molar-refractivity contribution in [1.29, 1.82) is 0 Å². The van der Waals surface area contributed by atoms with Crippen molar-refractivity contribution in [3.63, 3.8) is 0 Å². The molecule has 132 valence electrons. The van der Waals surface area contributed by atoms with Gasteiger partial charge in [-0.1, -0.05) is 24.3 Å². The number of likely N-dealkylation sites (tertiary alicyclic amines) is 1. The fourth-order valence-corrected chi connectivity index (χ4v) is 3.14. The van der Waals surface area contributed by atoms with Crippen LogP contribution >= 0.6 is 0 Å². The number of benzene rings is 1. The van der Waals surface area contributed by atoms with Crippen molar-refractivity contribution >= 4 is 5.97 Å². The molecular weight excluding hydrogens is 320 g/mol. The van der Waals surface area contributed by atoms with E-state index in [1.807, 2.05) is 48.2 Å². The Bertz CT molecular complexity index is 735. The van der Waals surface area contributed by atoms with E-state index < -0.39 is 12.0 Å². The molecule has 6 nitrogen and oxygen atoms in total. The third kappa shape index (κ3) is 4.09. The third-order valence-electron chi connectivity index (χ3n) is 4.45. The number of pyridine rings is 1. The number of ether oxygens (including phenoxy) is 2. The lowest BCUT2D eigenvalue weighted by atomic mass is 10.1. The van der Waals surface area contributed by atoms with Crippen molar-refractivity contribution in [1.82, 2.24) is 9.88 Å². The average Bonchev–Trinajstić information content (AvgIpc) is 3.00. The van der Waals surface area contributed by atoms with Gasteiger partial charge in [0.15, 0.2) is 0 Å². The summed E-state index contributed by atoms with van der Waals surface area (Å²) in [6, 6.07) is 12.7. The topological polar surface area (TPSA) is 71.9 Å². The second-order valence-electron chi connectivity index (χ2n) is 6.17. The Morgan fingerprint density at radius 3 is 2.68 bits per heavy atom. The van der Waals surface area contributed by atoms with Crippen molar-refractivity contribution in [2.24, 2.45) is 0 Å². The van der Waals surface area contributed by atoms with Crippen LogP contribution in [0.1, 0.15) is 17.7 Å². The summed E-state index contributed by atoms with van der Waals surface area (Å²) in [5.74, 6) is 0.502. The molecule has 6 heteroatoms. The first-order chi connectivity index (χ1) is 12.1. The van der Waals surface area contributed by atoms with Gasteiger partial charge in [0.25, 0.3) is 0 Å². The first kappa shape index (κ1) is 17.2. The quantitative estimate of drug-likeness (QED) is 0.870. The van der Waals surface area contributed by atoms with Crippen LogP contribution in [0.15, 0.2) is 42.5 Å². The Hall–Kier alpha value is -2.60. The highest BCUT2D eigenvalue weighted by Gasteiger charge is 2.38. The van der Waals surface area contributed by atoms with Crippen molar-refractivity contribution < 1.29 is 19.4 Å². The van der Waals surface area contributed by atoms with Crippen molar-refractivity contribution in [3.8, 4) is 11.6 Å². The number of aromatic nitrogens is 1. The monoisotopic (exact) mass is 342 g/mol. The fourth-order valence-electron chi connectivity index (χ4n) is 3.14. The molecule has 1 aromatic heterocycles. The molecule has 2 aromatic rings. The minimum atomic E-state index is -0.821. The maximum absolute atomic E-state index is 11.7. The minimum Gasteiger partial charge on any atom is -0.489 e. The summed E-state index contributed by atoms with van der Waals surface area (Å²) in [5.41, 5.74) is 1.84. The lowest BCUT2D eigenvalue weighted by molar-refractivity contribution is -0.142. The highest BCUT2D eigenvalue weighted by Crippen LogP contribution is 2.26. The van der Waals surface area contributed by atoms with Crippen LogP contribution in [0.25, 0.3) is 0 Å². The molecule has 1 saturated heterocycles. The van der Waals surface area contributed by atoms with Crippen molar-refractivity contribution in [2.45, 2.75) is 32.0 Å². The van der Waals surface area contributed by atoms with Gasteiger partial charge in [0.1, 0.15) is 17.9 Å². The first-order valence-corrected chi connectivity index (χ1v) is 8.26. The molecule has 0 unspecified atom stereocenters. The van der Waals surface area contributed by atoms with Gasteiger partial charge < -0.3 is 14.6 Å². The SMILES string of the molecule is COc1ccc(CN2C[C@@H](Oc3ccccc3)C[C@H]2C(=O)O)c(C)n1. The van der Waals surface area contributed by atoms with E-state index in [9.17, 15) is 9.90 Å². The Kier molecular flexibility index (Phi) is 5.19. The van der Waals surface area contributed by atoms with Crippen LogP contribution in [0.5, 0.6) is 11.6 Å². The Balaban J connectivity index is 1.72. The summed E-state index contributed by atoms with van der Waals surface area (Å²) in [7, 11) is 1.58. The van der Waals surface area contributed by atoms with Crippen LogP contribution in [0.3, 0.4) is 0 Å². The number of carbonyl (C=O) groups is 1. The number of hydrogen-bond donors (Lipinski definition) is 1. The second kappa shape index (κ2) is 7.53. The highest BCUT2D eigenvalue weighted by molar-refractivity contribution is 5.74. The van der Waals surface area contributed by atoms with E-state index >= 15 is 0 Å². The predicted octanol–water partition coefficient (Wildman–Crippen LogP) is 2.51. The Labute approximate surface area is 147 Å². The fraction of sp³-hybridized carbons (Fsp3) is 0.368. The number of rotatable bonds is 6. The molecule has 0 saturated carbocycles. The number of carboxylic acid groups (broad SMARTS) is 1. The highest BCUT2D eigenvalue weighted by atomic mass is 16.5. The molecule has 1 fully saturated rings. The summed E-state index contributed by atoms with van der Waals surface area (Å²) in [4.78, 5) is 18.0. The molecule has 0 amide bonds. The number of para-hydroxylation sites is 1. The molecule has 25 heavy (non-hydrogen) atoms. The summed E-state index contributed by atoms with van der Waals surface area (Å²) in [6.07, 6.45) is 0.322. The molecule has 1 aliphatic heterocycles. The molecule has 2 atom stereocenters. The van der Waals surface area contributed by atoms with Gasteiger partial charge in [-0.05, 0) is 24.6 Å². The van der Waals surface area contributed by atoms with Crippen molar-refractivity contribution in [3.05, 3.63) is 53.7 Å². The molecular formula is C19H22N2O4. The van der Waals surface area contributed by atoms with E-state index in [1.54, 1.807) is 13.2 Å². The predicted molar refractivity (Wildman–Crippen MR) is 92.8 cm³/mol. The lowest BCUT2D eigenvalue weighted by Crippen LogP contribution is -2.35. The van der Waals surface area contributed by atoms with Crippen LogP contribution in [0.2, 0.25) is 0 Å². The summed E-state index contributed by atoms with van der Waals surface area (Å²) in [6.45, 7) is 2.99. The number of carboxylic acids is 1. The maximum atomic E-state index is 11.7. The van der Waals surface area contributed by atoms with Crippen LogP contribution in [-0.4, -0.2) is 46.8 Å². The number of aryl methyl sites for hydroxylation is 1. The summed E-state index contributed by atoms with van der Waals surface area (Å²) < 4.78 is 11.1. The zero-order chi connectivity index (χ0) is 17.8. The molecule has 0 aliphatic carbocycles. The normalized spacial score (nSPS) is 20.4. The zero-order valence-electron chi connectivity index (χ0n) is 14.4. The average molecular weight is 342 g/mol. The summed E-state index contributed by atoms with van der Waals surface area (Å²) >= 11 is 0. The standard InChI is InChI=1S/C19H22N2O4/c1-13-14(8-9-18(20-13)24-2)11-21-12-16(10-17(21)19(22)23)25-15-6-4-3-5-7-15/h3-9,16-17H,10-12H2,1-2H3,(H,22,23)/t16-,17-/m0/s1. The number of aliphatic carboxylic acids is 1.